The molecule has 0 aromatic heterocycles. The van der Waals surface area contributed by atoms with E-state index >= 15 is 0 Å². The Labute approximate surface area is 93.4 Å². The molecular weight excluding hydrogens is 214 g/mol. The molecule has 1 amide bonds. The van der Waals surface area contributed by atoms with E-state index in [1.807, 2.05) is 0 Å². The zero-order valence-corrected chi connectivity index (χ0v) is 9.08. The maximum absolute atomic E-state index is 10.6. The van der Waals surface area contributed by atoms with Crippen molar-refractivity contribution in [2.45, 2.75) is 6.92 Å². The molecule has 0 atom stereocenters. The maximum atomic E-state index is 10.6. The molecule has 0 radical (unpaired) electrons. The molecule has 0 aliphatic carbocycles. The first kappa shape index (κ1) is 11.6. The van der Waals surface area contributed by atoms with Gasteiger partial charge in [0.1, 0.15) is 5.75 Å². The number of halogens is 1. The second-order valence-corrected chi connectivity index (χ2v) is 3.45. The molecule has 0 spiro atoms. The number of aromatic hydroxyl groups is 1. The third kappa shape index (κ3) is 4.04. The van der Waals surface area contributed by atoms with Gasteiger partial charge in [-0.2, -0.15) is 0 Å². The molecule has 0 heterocycles. The molecule has 1 aromatic carbocycles. The highest BCUT2D eigenvalue weighted by molar-refractivity contribution is 6.32. The van der Waals surface area contributed by atoms with Crippen LogP contribution in [0.15, 0.2) is 24.3 Å². The number of benzene rings is 1. The number of hydrogen-bond donors (Lipinski definition) is 2. The van der Waals surface area contributed by atoms with Crippen molar-refractivity contribution in [2.75, 3.05) is 6.54 Å². The van der Waals surface area contributed by atoms with Crippen molar-refractivity contribution in [1.29, 1.82) is 0 Å². The van der Waals surface area contributed by atoms with Crippen LogP contribution >= 0.6 is 11.6 Å². The minimum Gasteiger partial charge on any atom is -0.508 e. The number of hydrogen-bond acceptors (Lipinski definition) is 2. The molecule has 0 aliphatic rings. The topological polar surface area (TPSA) is 49.3 Å². The van der Waals surface area contributed by atoms with Crippen molar-refractivity contribution >= 4 is 23.6 Å². The normalized spacial score (nSPS) is 10.5. The molecule has 0 unspecified atom stereocenters. The number of phenols is 1. The Kier molecular flexibility index (Phi) is 4.18. The van der Waals surface area contributed by atoms with E-state index in [0.717, 1.165) is 5.56 Å². The zero-order valence-electron chi connectivity index (χ0n) is 8.33. The molecule has 0 bridgehead atoms. The van der Waals surface area contributed by atoms with Gasteiger partial charge in [0.05, 0.1) is 5.02 Å². The summed E-state index contributed by atoms with van der Waals surface area (Å²) in [7, 11) is 0. The van der Waals surface area contributed by atoms with Crippen LogP contribution in [0.5, 0.6) is 5.75 Å². The summed E-state index contributed by atoms with van der Waals surface area (Å²) in [4.78, 5) is 10.6. The second-order valence-electron chi connectivity index (χ2n) is 3.05. The van der Waals surface area contributed by atoms with Crippen molar-refractivity contribution < 1.29 is 9.90 Å². The fourth-order valence-electron chi connectivity index (χ4n) is 1.04. The van der Waals surface area contributed by atoms with Crippen LogP contribution in [0.1, 0.15) is 12.5 Å². The highest BCUT2D eigenvalue weighted by atomic mass is 35.5. The lowest BCUT2D eigenvalue weighted by Gasteiger charge is -1.99. The van der Waals surface area contributed by atoms with E-state index in [9.17, 15) is 4.79 Å². The van der Waals surface area contributed by atoms with Gasteiger partial charge in [-0.3, -0.25) is 4.79 Å². The summed E-state index contributed by atoms with van der Waals surface area (Å²) in [5.41, 5.74) is 0.805. The van der Waals surface area contributed by atoms with E-state index in [1.165, 1.54) is 13.0 Å². The lowest BCUT2D eigenvalue weighted by Crippen LogP contribution is -2.19. The first-order valence-electron chi connectivity index (χ1n) is 4.49. The van der Waals surface area contributed by atoms with Gasteiger partial charge in [-0.05, 0) is 23.8 Å². The van der Waals surface area contributed by atoms with E-state index in [0.29, 0.717) is 11.6 Å². The number of rotatable bonds is 3. The monoisotopic (exact) mass is 225 g/mol. The Morgan fingerprint density at radius 2 is 2.33 bits per heavy atom. The summed E-state index contributed by atoms with van der Waals surface area (Å²) in [5, 5.41) is 12.2. The third-order valence-corrected chi connectivity index (χ3v) is 2.08. The summed E-state index contributed by atoms with van der Waals surface area (Å²) in [6.07, 6.45) is 3.58. The van der Waals surface area contributed by atoms with Gasteiger partial charge in [0.2, 0.25) is 5.91 Å². The molecule has 15 heavy (non-hydrogen) atoms. The van der Waals surface area contributed by atoms with Gasteiger partial charge in [0.15, 0.2) is 0 Å². The van der Waals surface area contributed by atoms with Crippen LogP contribution in [0, 0.1) is 0 Å². The molecule has 2 N–H and O–H groups in total. The van der Waals surface area contributed by atoms with Crippen molar-refractivity contribution in [1.82, 2.24) is 5.32 Å². The molecule has 0 fully saturated rings. The molecule has 0 saturated carbocycles. The van der Waals surface area contributed by atoms with Crippen LogP contribution in [0.2, 0.25) is 5.02 Å². The molecule has 4 heteroatoms. The molecule has 3 nitrogen and oxygen atoms in total. The predicted molar refractivity (Wildman–Crippen MR) is 60.8 cm³/mol. The van der Waals surface area contributed by atoms with E-state index < -0.39 is 0 Å². The molecule has 0 aliphatic heterocycles. The van der Waals surface area contributed by atoms with Gasteiger partial charge in [-0.1, -0.05) is 23.8 Å². The van der Waals surface area contributed by atoms with E-state index in [4.69, 9.17) is 16.7 Å². The quantitative estimate of drug-likeness (QED) is 0.829. The Morgan fingerprint density at radius 3 is 2.93 bits per heavy atom. The Bertz CT molecular complexity index is 388. The fraction of sp³-hybridized carbons (Fsp3) is 0.182. The van der Waals surface area contributed by atoms with Crippen molar-refractivity contribution in [2.24, 2.45) is 0 Å². The SMILES string of the molecule is CC(=O)NCC=Cc1ccc(O)cc1Cl. The Hall–Kier alpha value is -1.48. The average Bonchev–Trinajstić information content (AvgIpc) is 2.14. The lowest BCUT2D eigenvalue weighted by atomic mass is 10.2. The van der Waals surface area contributed by atoms with Crippen LogP contribution in [0.4, 0.5) is 0 Å². The van der Waals surface area contributed by atoms with E-state index in [-0.39, 0.29) is 11.7 Å². The first-order chi connectivity index (χ1) is 7.09. The van der Waals surface area contributed by atoms with E-state index in [1.54, 1.807) is 24.3 Å². The first-order valence-corrected chi connectivity index (χ1v) is 4.87. The number of phenolic OH excluding ortho intramolecular Hbond substituents is 1. The summed E-state index contributed by atoms with van der Waals surface area (Å²) in [6, 6.07) is 4.74. The molecule has 1 rings (SSSR count). The largest absolute Gasteiger partial charge is 0.508 e. The zero-order chi connectivity index (χ0) is 11.3. The van der Waals surface area contributed by atoms with E-state index in [2.05, 4.69) is 5.32 Å². The lowest BCUT2D eigenvalue weighted by molar-refractivity contribution is -0.118. The maximum Gasteiger partial charge on any atom is 0.217 e. The predicted octanol–water partition coefficient (Wildman–Crippen LogP) is 2.19. The van der Waals surface area contributed by atoms with Crippen LogP contribution in [0.3, 0.4) is 0 Å². The van der Waals surface area contributed by atoms with Crippen LogP contribution in [0.25, 0.3) is 6.08 Å². The summed E-state index contributed by atoms with van der Waals surface area (Å²) in [5.74, 6) is 0.0652. The Balaban J connectivity index is 2.60. The second kappa shape index (κ2) is 5.41. The summed E-state index contributed by atoms with van der Waals surface area (Å²) in [6.45, 7) is 1.92. The number of amides is 1. The van der Waals surface area contributed by atoms with Crippen LogP contribution in [-0.2, 0) is 4.79 Å². The summed E-state index contributed by atoms with van der Waals surface area (Å²) >= 11 is 5.87. The highest BCUT2D eigenvalue weighted by Crippen LogP contribution is 2.22. The Morgan fingerprint density at radius 1 is 1.60 bits per heavy atom. The van der Waals surface area contributed by atoms with Gasteiger partial charge >= 0.3 is 0 Å². The summed E-state index contributed by atoms with van der Waals surface area (Å²) < 4.78 is 0. The van der Waals surface area contributed by atoms with Gasteiger partial charge in [0, 0.05) is 13.5 Å². The average molecular weight is 226 g/mol. The van der Waals surface area contributed by atoms with Crippen LogP contribution in [-0.4, -0.2) is 17.6 Å². The highest BCUT2D eigenvalue weighted by Gasteiger charge is 1.96. The van der Waals surface area contributed by atoms with Gasteiger partial charge in [0.25, 0.3) is 0 Å². The minimum absolute atomic E-state index is 0.0727. The smallest absolute Gasteiger partial charge is 0.217 e. The molecule has 0 saturated heterocycles. The minimum atomic E-state index is -0.0727. The molecule has 1 aromatic rings. The van der Waals surface area contributed by atoms with Gasteiger partial charge in [-0.15, -0.1) is 0 Å². The third-order valence-electron chi connectivity index (χ3n) is 1.75. The number of nitrogens with one attached hydrogen (secondary N) is 1. The van der Waals surface area contributed by atoms with Crippen LogP contribution < -0.4 is 5.32 Å². The van der Waals surface area contributed by atoms with Gasteiger partial charge < -0.3 is 10.4 Å². The van der Waals surface area contributed by atoms with Gasteiger partial charge in [-0.25, -0.2) is 0 Å². The molecular formula is C11H12ClNO2. The van der Waals surface area contributed by atoms with Crippen molar-refractivity contribution in [3.8, 4) is 5.75 Å². The molecule has 80 valence electrons. The number of carbonyl (C=O) groups excluding carboxylic acids is 1. The fourth-order valence-corrected chi connectivity index (χ4v) is 1.28. The van der Waals surface area contributed by atoms with Crippen molar-refractivity contribution in [3.05, 3.63) is 34.9 Å². The van der Waals surface area contributed by atoms with Crippen molar-refractivity contribution in [3.63, 3.8) is 0 Å². The standard InChI is InChI=1S/C11H12ClNO2/c1-8(14)13-6-2-3-9-4-5-10(15)7-11(9)12/h2-5,7,15H,6H2,1H3,(H,13,14). The number of carbonyl (C=O) groups is 1.